The lowest BCUT2D eigenvalue weighted by atomic mass is 10.1. The van der Waals surface area contributed by atoms with E-state index in [0.29, 0.717) is 5.89 Å². The van der Waals surface area contributed by atoms with Gasteiger partial charge in [0.05, 0.1) is 5.71 Å². The molecule has 0 saturated heterocycles. The van der Waals surface area contributed by atoms with Crippen molar-refractivity contribution in [2.24, 2.45) is 5.10 Å². The lowest BCUT2D eigenvalue weighted by Gasteiger charge is -2.04. The molecule has 1 amide bonds. The summed E-state index contributed by atoms with van der Waals surface area (Å²) in [4.78, 5) is 12.2. The van der Waals surface area contributed by atoms with Gasteiger partial charge in [0.25, 0.3) is 0 Å². The van der Waals surface area contributed by atoms with Gasteiger partial charge in [0.1, 0.15) is 0 Å². The molecule has 1 aromatic heterocycles. The normalized spacial score (nSPS) is 15.4. The van der Waals surface area contributed by atoms with Gasteiger partial charge in [0, 0.05) is 5.56 Å². The number of amides is 1. The molecule has 1 N–H and O–H groups in total. The molecule has 0 spiro atoms. The van der Waals surface area contributed by atoms with Crippen molar-refractivity contribution in [2.45, 2.75) is 45.4 Å². The molecule has 0 radical (unpaired) electrons. The predicted octanol–water partition coefficient (Wildman–Crippen LogP) is 4.12. The molecule has 1 heterocycles. The average Bonchev–Trinajstić information content (AvgIpc) is 3.30. The molecule has 1 aliphatic carbocycles. The Bertz CT molecular complexity index is 778. The molecule has 6 heteroatoms. The summed E-state index contributed by atoms with van der Waals surface area (Å²) in [5.41, 5.74) is 5.50. The first-order valence-corrected chi connectivity index (χ1v) is 8.73. The highest BCUT2D eigenvalue weighted by molar-refractivity contribution is 6.03. The number of carbonyl (C=O) groups excluding carboxylic acids is 1. The van der Waals surface area contributed by atoms with E-state index in [4.69, 9.17) is 4.42 Å². The van der Waals surface area contributed by atoms with Crippen LogP contribution in [-0.4, -0.2) is 21.8 Å². The van der Waals surface area contributed by atoms with Crippen molar-refractivity contribution in [1.82, 2.24) is 15.6 Å². The Morgan fingerprint density at radius 1 is 1.24 bits per heavy atom. The summed E-state index contributed by atoms with van der Waals surface area (Å²) in [7, 11) is 0. The summed E-state index contributed by atoms with van der Waals surface area (Å²) >= 11 is 0. The van der Waals surface area contributed by atoms with Crippen molar-refractivity contribution < 1.29 is 9.21 Å². The van der Waals surface area contributed by atoms with Crippen LogP contribution in [0.15, 0.2) is 51.5 Å². The Balaban J connectivity index is 1.61. The monoisotopic (exact) mass is 338 g/mol. The van der Waals surface area contributed by atoms with Crippen LogP contribution in [0.4, 0.5) is 0 Å². The molecule has 1 aromatic carbocycles. The molecule has 0 saturated carbocycles. The van der Waals surface area contributed by atoms with Crippen molar-refractivity contribution in [3.8, 4) is 11.5 Å². The molecule has 25 heavy (non-hydrogen) atoms. The highest BCUT2D eigenvalue weighted by Gasteiger charge is 2.17. The molecule has 130 valence electrons. The largest absolute Gasteiger partial charge is 0.412 e. The number of hydrogen-bond donors (Lipinski definition) is 1. The Hall–Kier alpha value is -2.76. The van der Waals surface area contributed by atoms with Gasteiger partial charge in [0.15, 0.2) is 0 Å². The Kier molecular flexibility index (Phi) is 5.72. The minimum atomic E-state index is -0.484. The van der Waals surface area contributed by atoms with E-state index in [-0.39, 0.29) is 5.89 Å². The molecule has 1 aliphatic rings. The van der Waals surface area contributed by atoms with Gasteiger partial charge in [0.2, 0.25) is 5.89 Å². The van der Waals surface area contributed by atoms with Crippen LogP contribution in [0.5, 0.6) is 0 Å². The van der Waals surface area contributed by atoms with Gasteiger partial charge >= 0.3 is 11.8 Å². The molecule has 0 bridgehead atoms. The molecule has 0 unspecified atom stereocenters. The number of rotatable bonds is 7. The smallest absolute Gasteiger partial charge is 0.328 e. The second-order valence-electron chi connectivity index (χ2n) is 6.00. The van der Waals surface area contributed by atoms with Crippen molar-refractivity contribution >= 4 is 11.6 Å². The van der Waals surface area contributed by atoms with Crippen LogP contribution in [0, 0.1) is 0 Å². The van der Waals surface area contributed by atoms with E-state index in [0.717, 1.165) is 37.0 Å². The molecule has 0 atom stereocenters. The van der Waals surface area contributed by atoms with E-state index in [9.17, 15) is 4.79 Å². The van der Waals surface area contributed by atoms with Crippen LogP contribution < -0.4 is 5.43 Å². The minimum absolute atomic E-state index is 0.0855. The zero-order chi connectivity index (χ0) is 17.5. The number of carbonyl (C=O) groups is 1. The number of nitrogens with one attached hydrogen (secondary N) is 1. The van der Waals surface area contributed by atoms with Crippen molar-refractivity contribution in [3.05, 3.63) is 47.9 Å². The van der Waals surface area contributed by atoms with Gasteiger partial charge in [-0.05, 0) is 43.4 Å². The Labute approximate surface area is 147 Å². The molecular weight excluding hydrogens is 316 g/mol. The predicted molar refractivity (Wildman–Crippen MR) is 96.1 cm³/mol. The fourth-order valence-corrected chi connectivity index (χ4v) is 2.78. The van der Waals surface area contributed by atoms with Gasteiger partial charge in [-0.3, -0.25) is 4.79 Å². The van der Waals surface area contributed by atoms with E-state index in [1.165, 1.54) is 18.4 Å². The maximum Gasteiger partial charge on any atom is 0.328 e. The first kappa shape index (κ1) is 17.1. The number of allylic oxidation sites excluding steroid dienone is 2. The Morgan fingerprint density at radius 3 is 2.88 bits per heavy atom. The first-order chi connectivity index (χ1) is 12.3. The average molecular weight is 338 g/mol. The summed E-state index contributed by atoms with van der Waals surface area (Å²) in [5.74, 6) is -0.251. The number of benzene rings is 1. The highest BCUT2D eigenvalue weighted by Crippen LogP contribution is 2.21. The van der Waals surface area contributed by atoms with Gasteiger partial charge in [-0.25, -0.2) is 5.43 Å². The molecule has 2 aromatic rings. The van der Waals surface area contributed by atoms with Crippen LogP contribution in [0.3, 0.4) is 0 Å². The first-order valence-electron chi connectivity index (χ1n) is 8.73. The number of nitrogens with zero attached hydrogens (tertiary/aromatic N) is 3. The lowest BCUT2D eigenvalue weighted by Crippen LogP contribution is -2.20. The van der Waals surface area contributed by atoms with E-state index in [1.807, 2.05) is 30.3 Å². The van der Waals surface area contributed by atoms with Crippen LogP contribution in [-0.2, 0) is 0 Å². The van der Waals surface area contributed by atoms with E-state index < -0.39 is 5.91 Å². The molecule has 0 fully saturated rings. The third-order valence-electron chi connectivity index (χ3n) is 4.12. The van der Waals surface area contributed by atoms with Crippen molar-refractivity contribution in [2.75, 3.05) is 0 Å². The fourth-order valence-electron chi connectivity index (χ4n) is 2.78. The van der Waals surface area contributed by atoms with Gasteiger partial charge in [-0.15, -0.1) is 10.2 Å². The van der Waals surface area contributed by atoms with Crippen LogP contribution >= 0.6 is 0 Å². The molecule has 3 rings (SSSR count). The van der Waals surface area contributed by atoms with E-state index >= 15 is 0 Å². The van der Waals surface area contributed by atoms with Crippen LogP contribution in [0.25, 0.3) is 11.5 Å². The van der Waals surface area contributed by atoms with Crippen molar-refractivity contribution in [1.29, 1.82) is 0 Å². The van der Waals surface area contributed by atoms with Gasteiger partial charge in [-0.1, -0.05) is 44.0 Å². The third-order valence-corrected chi connectivity index (χ3v) is 4.12. The van der Waals surface area contributed by atoms with E-state index in [1.54, 1.807) is 0 Å². The molecule has 0 aliphatic heterocycles. The fraction of sp³-hybridized carbons (Fsp3) is 0.368. The number of hydrogen-bond acceptors (Lipinski definition) is 5. The van der Waals surface area contributed by atoms with Crippen molar-refractivity contribution in [3.63, 3.8) is 0 Å². The zero-order valence-corrected chi connectivity index (χ0v) is 14.4. The maximum atomic E-state index is 12.2. The van der Waals surface area contributed by atoms with E-state index in [2.05, 4.69) is 33.7 Å². The third kappa shape index (κ3) is 4.41. The Morgan fingerprint density at radius 2 is 2.08 bits per heavy atom. The van der Waals surface area contributed by atoms with Gasteiger partial charge in [-0.2, -0.15) is 5.10 Å². The number of unbranched alkanes of at least 4 members (excludes halogenated alkanes) is 2. The second kappa shape index (κ2) is 8.37. The minimum Gasteiger partial charge on any atom is -0.412 e. The standard InChI is InChI=1S/C19H22N4O2/c1-2-3-5-9-14-12-8-13-16(14)20-21-17(24)19-23-22-18(25-19)15-10-6-4-7-11-15/h4,6-7,10-12H,2-3,5,8-9,13H2,1H3,(H,21,24)/b20-16+. The summed E-state index contributed by atoms with van der Waals surface area (Å²) in [6.45, 7) is 2.19. The summed E-state index contributed by atoms with van der Waals surface area (Å²) in [5, 5.41) is 12.0. The summed E-state index contributed by atoms with van der Waals surface area (Å²) < 4.78 is 5.43. The second-order valence-corrected chi connectivity index (χ2v) is 6.00. The molecule has 6 nitrogen and oxygen atoms in total. The van der Waals surface area contributed by atoms with Crippen LogP contribution in [0.1, 0.15) is 56.1 Å². The van der Waals surface area contributed by atoms with Crippen LogP contribution in [0.2, 0.25) is 0 Å². The summed E-state index contributed by atoms with van der Waals surface area (Å²) in [6.07, 6.45) is 8.62. The molecular formula is C19H22N4O2. The maximum absolute atomic E-state index is 12.2. The summed E-state index contributed by atoms with van der Waals surface area (Å²) in [6, 6.07) is 9.34. The SMILES string of the molecule is CCCCCC1=CCC/C1=N\NC(=O)c1nnc(-c2ccccc2)o1. The number of hydrazone groups is 1. The van der Waals surface area contributed by atoms with Gasteiger partial charge < -0.3 is 4.42 Å². The number of aromatic nitrogens is 2. The quantitative estimate of drug-likeness (QED) is 0.608. The zero-order valence-electron chi connectivity index (χ0n) is 14.4. The highest BCUT2D eigenvalue weighted by atomic mass is 16.4. The topological polar surface area (TPSA) is 80.4 Å². The lowest BCUT2D eigenvalue weighted by molar-refractivity contribution is 0.0921.